The average Bonchev–Trinajstić information content (AvgIpc) is 2.73. The van der Waals surface area contributed by atoms with Crippen LogP contribution in [0, 0.1) is 5.92 Å². The van der Waals surface area contributed by atoms with Crippen LogP contribution in [0.25, 0.3) is 0 Å². The normalized spacial score (nSPS) is 20.6. The molecule has 1 aliphatic heterocycles. The number of likely N-dealkylation sites (tertiary alicyclic amines) is 1. The Morgan fingerprint density at radius 1 is 1.41 bits per heavy atom. The second kappa shape index (κ2) is 5.65. The summed E-state index contributed by atoms with van der Waals surface area (Å²) >= 11 is 0. The Bertz CT molecular complexity index is 339. The minimum Gasteiger partial charge on any atom is -0.308 e. The fourth-order valence-electron chi connectivity index (χ4n) is 2.52. The number of nitrogens with one attached hydrogen (secondary N) is 1. The zero-order valence-electron chi connectivity index (χ0n) is 11.2. The summed E-state index contributed by atoms with van der Waals surface area (Å²) in [5, 5.41) is 7.99. The molecular formula is C13H24N4. The van der Waals surface area contributed by atoms with Gasteiger partial charge in [0.05, 0.1) is 5.69 Å². The van der Waals surface area contributed by atoms with Crippen LogP contribution in [0.1, 0.15) is 25.5 Å². The number of aryl methyl sites for hydroxylation is 1. The molecule has 0 aromatic carbocycles. The first-order chi connectivity index (χ1) is 8.15. The molecule has 2 heterocycles. The molecule has 4 nitrogen and oxygen atoms in total. The van der Waals surface area contributed by atoms with Crippen molar-refractivity contribution in [2.24, 2.45) is 13.0 Å². The van der Waals surface area contributed by atoms with E-state index in [0.717, 1.165) is 18.2 Å². The molecule has 1 aliphatic rings. The molecule has 1 N–H and O–H groups in total. The quantitative estimate of drug-likeness (QED) is 0.854. The Hall–Kier alpha value is -0.870. The van der Waals surface area contributed by atoms with Crippen LogP contribution in [0.2, 0.25) is 0 Å². The van der Waals surface area contributed by atoms with E-state index in [-0.39, 0.29) is 0 Å². The Labute approximate surface area is 104 Å². The summed E-state index contributed by atoms with van der Waals surface area (Å²) in [4.78, 5) is 2.42. The van der Waals surface area contributed by atoms with E-state index in [1.807, 2.05) is 17.9 Å². The van der Waals surface area contributed by atoms with Gasteiger partial charge in [-0.3, -0.25) is 4.68 Å². The van der Waals surface area contributed by atoms with Crippen LogP contribution in [0.4, 0.5) is 0 Å². The molecule has 1 atom stereocenters. The summed E-state index contributed by atoms with van der Waals surface area (Å²) in [7, 11) is 4.17. The lowest BCUT2D eigenvalue weighted by atomic mass is 9.90. The van der Waals surface area contributed by atoms with Gasteiger partial charge in [0, 0.05) is 25.8 Å². The largest absolute Gasteiger partial charge is 0.308 e. The van der Waals surface area contributed by atoms with Crippen LogP contribution < -0.4 is 5.32 Å². The van der Waals surface area contributed by atoms with Crippen molar-refractivity contribution in [1.29, 1.82) is 0 Å². The Morgan fingerprint density at radius 2 is 2.12 bits per heavy atom. The predicted octanol–water partition coefficient (Wildman–Crippen LogP) is 1.24. The Kier molecular flexibility index (Phi) is 4.18. The third-order valence-corrected chi connectivity index (χ3v) is 3.84. The van der Waals surface area contributed by atoms with Crippen molar-refractivity contribution in [2.45, 2.75) is 32.4 Å². The zero-order valence-corrected chi connectivity index (χ0v) is 11.2. The topological polar surface area (TPSA) is 33.1 Å². The van der Waals surface area contributed by atoms with E-state index in [1.54, 1.807) is 0 Å². The summed E-state index contributed by atoms with van der Waals surface area (Å²) in [5.74, 6) is 0.815. The van der Waals surface area contributed by atoms with Gasteiger partial charge in [0.1, 0.15) is 0 Å². The lowest BCUT2D eigenvalue weighted by molar-refractivity contribution is 0.189. The third-order valence-electron chi connectivity index (χ3n) is 3.84. The highest BCUT2D eigenvalue weighted by Gasteiger charge is 2.21. The first kappa shape index (κ1) is 12.6. The van der Waals surface area contributed by atoms with E-state index in [4.69, 9.17) is 0 Å². The van der Waals surface area contributed by atoms with Crippen molar-refractivity contribution in [2.75, 3.05) is 20.1 Å². The highest BCUT2D eigenvalue weighted by molar-refractivity contribution is 4.98. The molecule has 1 saturated heterocycles. The van der Waals surface area contributed by atoms with E-state index < -0.39 is 0 Å². The lowest BCUT2D eigenvalue weighted by Gasteiger charge is -2.33. The molecular weight excluding hydrogens is 212 g/mol. The molecule has 1 aromatic heterocycles. The number of rotatable bonds is 4. The highest BCUT2D eigenvalue weighted by Crippen LogP contribution is 2.19. The molecule has 0 radical (unpaired) electrons. The zero-order chi connectivity index (χ0) is 12.3. The summed E-state index contributed by atoms with van der Waals surface area (Å²) in [6.07, 6.45) is 4.62. The monoisotopic (exact) mass is 236 g/mol. The highest BCUT2D eigenvalue weighted by atomic mass is 15.3. The van der Waals surface area contributed by atoms with Crippen molar-refractivity contribution in [1.82, 2.24) is 20.0 Å². The summed E-state index contributed by atoms with van der Waals surface area (Å²) in [6.45, 7) is 5.66. The van der Waals surface area contributed by atoms with Crippen LogP contribution in [0.3, 0.4) is 0 Å². The maximum atomic E-state index is 4.39. The number of hydrogen-bond donors (Lipinski definition) is 1. The summed E-state index contributed by atoms with van der Waals surface area (Å²) < 4.78 is 1.86. The van der Waals surface area contributed by atoms with Gasteiger partial charge in [0.2, 0.25) is 0 Å². The van der Waals surface area contributed by atoms with E-state index in [9.17, 15) is 0 Å². The molecule has 0 saturated carbocycles. The van der Waals surface area contributed by atoms with Crippen molar-refractivity contribution in [3.63, 3.8) is 0 Å². The molecule has 1 unspecified atom stereocenters. The maximum absolute atomic E-state index is 4.39. The summed E-state index contributed by atoms with van der Waals surface area (Å²) in [6, 6.07) is 2.67. The SMILES string of the molecule is CC(NCc1ccn(C)n1)C1CCN(C)CC1. The fraction of sp³-hybridized carbons (Fsp3) is 0.769. The maximum Gasteiger partial charge on any atom is 0.0762 e. The fourth-order valence-corrected chi connectivity index (χ4v) is 2.52. The van der Waals surface area contributed by atoms with Gasteiger partial charge in [-0.2, -0.15) is 5.10 Å². The van der Waals surface area contributed by atoms with Crippen LogP contribution in [0.5, 0.6) is 0 Å². The van der Waals surface area contributed by atoms with Crippen molar-refractivity contribution >= 4 is 0 Å². The van der Waals surface area contributed by atoms with Crippen LogP contribution in [-0.4, -0.2) is 40.9 Å². The second-order valence-electron chi connectivity index (χ2n) is 5.29. The smallest absolute Gasteiger partial charge is 0.0762 e. The Balaban J connectivity index is 1.75. The van der Waals surface area contributed by atoms with Crippen molar-refractivity contribution in [3.8, 4) is 0 Å². The molecule has 0 amide bonds. The molecule has 4 heteroatoms. The molecule has 2 rings (SSSR count). The molecule has 0 aliphatic carbocycles. The lowest BCUT2D eigenvalue weighted by Crippen LogP contribution is -2.40. The Morgan fingerprint density at radius 3 is 2.71 bits per heavy atom. The van der Waals surface area contributed by atoms with Gasteiger partial charge in [0.25, 0.3) is 0 Å². The third kappa shape index (κ3) is 3.54. The molecule has 0 spiro atoms. The van der Waals surface area contributed by atoms with E-state index >= 15 is 0 Å². The molecule has 96 valence electrons. The van der Waals surface area contributed by atoms with Gasteiger partial charge in [-0.05, 0) is 51.9 Å². The minimum absolute atomic E-state index is 0.589. The molecule has 17 heavy (non-hydrogen) atoms. The van der Waals surface area contributed by atoms with Crippen molar-refractivity contribution in [3.05, 3.63) is 18.0 Å². The van der Waals surface area contributed by atoms with Crippen LogP contribution in [-0.2, 0) is 13.6 Å². The van der Waals surface area contributed by atoms with Crippen LogP contribution >= 0.6 is 0 Å². The van der Waals surface area contributed by atoms with E-state index in [0.29, 0.717) is 6.04 Å². The van der Waals surface area contributed by atoms with Gasteiger partial charge in [-0.1, -0.05) is 0 Å². The first-order valence-electron chi connectivity index (χ1n) is 6.55. The number of nitrogens with zero attached hydrogens (tertiary/aromatic N) is 3. The van der Waals surface area contributed by atoms with Gasteiger partial charge >= 0.3 is 0 Å². The van der Waals surface area contributed by atoms with E-state index in [2.05, 4.69) is 35.4 Å². The van der Waals surface area contributed by atoms with Gasteiger partial charge in [0.15, 0.2) is 0 Å². The predicted molar refractivity (Wildman–Crippen MR) is 69.7 cm³/mol. The summed E-state index contributed by atoms with van der Waals surface area (Å²) in [5.41, 5.74) is 1.13. The van der Waals surface area contributed by atoms with E-state index in [1.165, 1.54) is 25.9 Å². The number of piperidine rings is 1. The first-order valence-corrected chi connectivity index (χ1v) is 6.55. The van der Waals surface area contributed by atoms with Crippen LogP contribution in [0.15, 0.2) is 12.3 Å². The average molecular weight is 236 g/mol. The second-order valence-corrected chi connectivity index (χ2v) is 5.29. The number of aromatic nitrogens is 2. The molecule has 1 fully saturated rings. The van der Waals surface area contributed by atoms with Crippen molar-refractivity contribution < 1.29 is 0 Å². The van der Waals surface area contributed by atoms with Gasteiger partial charge < -0.3 is 10.2 Å². The standard InChI is InChI=1S/C13H24N4/c1-11(12-4-7-16(2)8-5-12)14-10-13-6-9-17(3)15-13/h6,9,11-12,14H,4-5,7-8,10H2,1-3H3. The van der Waals surface area contributed by atoms with Gasteiger partial charge in [-0.15, -0.1) is 0 Å². The molecule has 1 aromatic rings. The minimum atomic E-state index is 0.589. The number of hydrogen-bond acceptors (Lipinski definition) is 3. The molecule has 0 bridgehead atoms. The van der Waals surface area contributed by atoms with Gasteiger partial charge in [-0.25, -0.2) is 0 Å².